The van der Waals surface area contributed by atoms with Crippen molar-refractivity contribution in [2.24, 2.45) is 5.10 Å². The van der Waals surface area contributed by atoms with Crippen molar-refractivity contribution in [2.45, 2.75) is 24.5 Å². The molecule has 0 aliphatic carbocycles. The number of amides is 1. The van der Waals surface area contributed by atoms with Crippen molar-refractivity contribution >= 4 is 28.9 Å². The molecule has 1 amide bonds. The van der Waals surface area contributed by atoms with E-state index in [0.717, 1.165) is 29.8 Å². The van der Waals surface area contributed by atoms with E-state index in [9.17, 15) is 13.6 Å². The van der Waals surface area contributed by atoms with Gasteiger partial charge in [-0.05, 0) is 62.0 Å². The Kier molecular flexibility index (Phi) is 7.41. The first-order valence-electron chi connectivity index (χ1n) is 12.2. The average Bonchev–Trinajstić information content (AvgIpc) is 3.43. The molecule has 2 aliphatic heterocycles. The molecule has 0 radical (unpaired) electrons. The van der Waals surface area contributed by atoms with Crippen LogP contribution in [0, 0.1) is 23.3 Å². The summed E-state index contributed by atoms with van der Waals surface area (Å²) in [4.78, 5) is 16.1. The number of nitrogens with zero attached hydrogens (tertiary/aromatic N) is 3. The summed E-state index contributed by atoms with van der Waals surface area (Å²) >= 11 is 6.06. The number of benzene rings is 2. The summed E-state index contributed by atoms with van der Waals surface area (Å²) in [6.07, 6.45) is -0.305. The number of morpholine rings is 1. The summed E-state index contributed by atoms with van der Waals surface area (Å²) in [7, 11) is 1.93. The highest BCUT2D eigenvalue weighted by Crippen LogP contribution is 2.46. The molecular weight excluding hydrogens is 540 g/mol. The summed E-state index contributed by atoms with van der Waals surface area (Å²) in [6.45, 7) is 3.43. The molecule has 2 aliphatic rings. The first-order valence-corrected chi connectivity index (χ1v) is 12.6. The molecule has 1 fully saturated rings. The van der Waals surface area contributed by atoms with Gasteiger partial charge in [0.25, 0.3) is 0 Å². The Labute approximate surface area is 227 Å². The van der Waals surface area contributed by atoms with Crippen LogP contribution in [-0.4, -0.2) is 61.5 Å². The molecule has 1 aromatic heterocycles. The van der Waals surface area contributed by atoms with Crippen LogP contribution >= 0.6 is 11.6 Å². The molecule has 206 valence electrons. The maximum absolute atomic E-state index is 15.1. The molecule has 12 heteroatoms. The topological polar surface area (TPSA) is 70.3 Å². The van der Waals surface area contributed by atoms with Gasteiger partial charge in [0.2, 0.25) is 5.91 Å². The maximum atomic E-state index is 15.1. The molecule has 3 atom stereocenters. The van der Waals surface area contributed by atoms with E-state index in [4.69, 9.17) is 20.8 Å². The van der Waals surface area contributed by atoms with Crippen LogP contribution in [0.1, 0.15) is 24.2 Å². The zero-order chi connectivity index (χ0) is 27.9. The van der Waals surface area contributed by atoms with Gasteiger partial charge in [0.05, 0.1) is 30.0 Å². The lowest BCUT2D eigenvalue weighted by molar-refractivity contribution is -0.127. The number of nitrogens with one attached hydrogen (secondary N) is 1. The van der Waals surface area contributed by atoms with Crippen molar-refractivity contribution in [2.75, 3.05) is 38.3 Å². The van der Waals surface area contributed by atoms with Crippen LogP contribution in [0.15, 0.2) is 58.0 Å². The quantitative estimate of drug-likeness (QED) is 0.440. The normalized spacial score (nSPS) is 23.7. The second-order valence-electron chi connectivity index (χ2n) is 9.70. The Morgan fingerprint density at radius 2 is 1.82 bits per heavy atom. The van der Waals surface area contributed by atoms with Gasteiger partial charge in [0, 0.05) is 37.3 Å². The minimum Gasteiger partial charge on any atom is -0.449 e. The number of rotatable bonds is 6. The molecular formula is C27H25ClF4N4O3. The number of halogens is 5. The molecule has 0 bridgehead atoms. The molecule has 7 nitrogen and oxygen atoms in total. The maximum Gasteiger partial charge on any atom is 0.249 e. The molecule has 0 saturated carbocycles. The van der Waals surface area contributed by atoms with Gasteiger partial charge in [0.1, 0.15) is 23.2 Å². The van der Waals surface area contributed by atoms with E-state index in [1.165, 1.54) is 25.1 Å². The summed E-state index contributed by atoms with van der Waals surface area (Å²) in [5, 5.41) is 8.41. The molecule has 1 N–H and O–H groups in total. The molecule has 0 spiro atoms. The predicted octanol–water partition coefficient (Wildman–Crippen LogP) is 4.70. The third-order valence-corrected chi connectivity index (χ3v) is 7.20. The van der Waals surface area contributed by atoms with Gasteiger partial charge in [-0.25, -0.2) is 22.6 Å². The van der Waals surface area contributed by atoms with Gasteiger partial charge in [-0.15, -0.1) is 0 Å². The van der Waals surface area contributed by atoms with Crippen LogP contribution in [0.2, 0.25) is 5.22 Å². The third kappa shape index (κ3) is 5.13. The molecule has 2 aromatic carbocycles. The molecule has 3 aromatic rings. The van der Waals surface area contributed by atoms with Gasteiger partial charge < -0.3 is 19.4 Å². The number of carbonyl (C=O) groups excluding carboxylic acids is 1. The van der Waals surface area contributed by atoms with Gasteiger partial charge in [-0.3, -0.25) is 4.79 Å². The zero-order valence-corrected chi connectivity index (χ0v) is 21.8. The summed E-state index contributed by atoms with van der Waals surface area (Å²) < 4.78 is 69.3. The lowest BCUT2D eigenvalue weighted by Crippen LogP contribution is -2.58. The number of hydrogen-bond donors (Lipinski definition) is 1. The monoisotopic (exact) mass is 564 g/mol. The standard InChI is InChI=1S/C27H25ClF4N4O3/c1-27(26(37)33-13-17-14-35(2)9-10-38-17)24(22-7-8-23(28)39-22)25(18-5-3-15(29)11-19(18)31)34-36(27)21-6-4-16(30)12-20(21)32/h3-8,11-12,17,24H,9-10,13-14H2,1-2H3,(H,33,37)/t17-,24-,27-/m1/s1. The van der Waals surface area contributed by atoms with Crippen molar-refractivity contribution in [1.82, 2.24) is 10.2 Å². The Bertz CT molecular complexity index is 1430. The number of hydrazone groups is 1. The number of hydrogen-bond acceptors (Lipinski definition) is 6. The summed E-state index contributed by atoms with van der Waals surface area (Å²) in [5.74, 6) is -5.19. The van der Waals surface area contributed by atoms with E-state index < -0.39 is 40.6 Å². The molecule has 39 heavy (non-hydrogen) atoms. The first-order chi connectivity index (χ1) is 18.6. The highest BCUT2D eigenvalue weighted by Gasteiger charge is 2.57. The lowest BCUT2D eigenvalue weighted by atomic mass is 9.78. The Balaban J connectivity index is 1.63. The van der Waals surface area contributed by atoms with E-state index in [1.807, 2.05) is 7.05 Å². The largest absolute Gasteiger partial charge is 0.449 e. The van der Waals surface area contributed by atoms with Crippen molar-refractivity contribution in [1.29, 1.82) is 0 Å². The molecule has 5 rings (SSSR count). The number of carbonyl (C=O) groups is 1. The average molecular weight is 565 g/mol. The van der Waals surface area contributed by atoms with E-state index in [2.05, 4.69) is 15.3 Å². The van der Waals surface area contributed by atoms with Crippen LogP contribution < -0.4 is 10.3 Å². The van der Waals surface area contributed by atoms with Gasteiger partial charge >= 0.3 is 0 Å². The van der Waals surface area contributed by atoms with Crippen molar-refractivity contribution < 1.29 is 31.5 Å². The fraction of sp³-hybridized carbons (Fsp3) is 0.333. The van der Waals surface area contributed by atoms with Gasteiger partial charge in [-0.2, -0.15) is 5.10 Å². The Morgan fingerprint density at radius 1 is 1.10 bits per heavy atom. The van der Waals surface area contributed by atoms with E-state index in [0.29, 0.717) is 25.3 Å². The molecule has 1 saturated heterocycles. The number of furan rings is 1. The van der Waals surface area contributed by atoms with Gasteiger partial charge in [0.15, 0.2) is 16.6 Å². The highest BCUT2D eigenvalue weighted by atomic mass is 35.5. The number of ether oxygens (including phenoxy) is 1. The van der Waals surface area contributed by atoms with E-state index >= 15 is 8.78 Å². The van der Waals surface area contributed by atoms with Crippen molar-refractivity contribution in [3.8, 4) is 0 Å². The Hall–Kier alpha value is -3.41. The van der Waals surface area contributed by atoms with Crippen LogP contribution in [0.3, 0.4) is 0 Å². The van der Waals surface area contributed by atoms with E-state index in [1.54, 1.807) is 0 Å². The van der Waals surface area contributed by atoms with Crippen LogP contribution in [0.5, 0.6) is 0 Å². The van der Waals surface area contributed by atoms with E-state index in [-0.39, 0.29) is 40.6 Å². The number of anilines is 1. The smallest absolute Gasteiger partial charge is 0.249 e. The second-order valence-corrected chi connectivity index (χ2v) is 10.1. The first kappa shape index (κ1) is 27.2. The van der Waals surface area contributed by atoms with Crippen LogP contribution in [0.4, 0.5) is 23.2 Å². The fourth-order valence-electron chi connectivity index (χ4n) is 5.02. The summed E-state index contributed by atoms with van der Waals surface area (Å²) in [6, 6.07) is 8.66. The summed E-state index contributed by atoms with van der Waals surface area (Å²) in [5.41, 5.74) is -2.16. The minimum atomic E-state index is -1.77. The van der Waals surface area contributed by atoms with Crippen molar-refractivity contribution in [3.05, 3.63) is 88.3 Å². The van der Waals surface area contributed by atoms with Gasteiger partial charge in [-0.1, -0.05) is 0 Å². The molecule has 0 unspecified atom stereocenters. The third-order valence-electron chi connectivity index (χ3n) is 7.00. The SMILES string of the molecule is CN1CCO[C@H](CNC(=O)[C@@]2(C)[C@H](c3ccc(Cl)o3)C(c3ccc(F)cc3F)=NN2c2ccc(F)cc2F)C1. The Morgan fingerprint density at radius 3 is 2.46 bits per heavy atom. The predicted molar refractivity (Wildman–Crippen MR) is 137 cm³/mol. The highest BCUT2D eigenvalue weighted by molar-refractivity contribution is 6.28. The zero-order valence-electron chi connectivity index (χ0n) is 21.1. The van der Waals surface area contributed by atoms with Crippen molar-refractivity contribution in [3.63, 3.8) is 0 Å². The van der Waals surface area contributed by atoms with Crippen LogP contribution in [-0.2, 0) is 9.53 Å². The fourth-order valence-corrected chi connectivity index (χ4v) is 5.17. The van der Waals surface area contributed by atoms with Crippen LogP contribution in [0.25, 0.3) is 0 Å². The number of likely N-dealkylation sites (N-methyl/N-ethyl adjacent to an activating group) is 1. The second kappa shape index (κ2) is 10.6. The lowest BCUT2D eigenvalue weighted by Gasteiger charge is -2.37. The minimum absolute atomic E-state index is 0.00302. The molecule has 3 heterocycles.